The third-order valence-corrected chi connectivity index (χ3v) is 4.41. The number of hydrogen-bond donors (Lipinski definition) is 2. The van der Waals surface area contributed by atoms with Crippen molar-refractivity contribution in [2.24, 2.45) is 0 Å². The van der Waals surface area contributed by atoms with Crippen LogP contribution in [0.1, 0.15) is 5.56 Å². The minimum absolute atomic E-state index is 0.0341. The molecule has 0 saturated heterocycles. The van der Waals surface area contributed by atoms with E-state index >= 15 is 0 Å². The van der Waals surface area contributed by atoms with Crippen LogP contribution in [-0.4, -0.2) is 11.2 Å². The van der Waals surface area contributed by atoms with Gasteiger partial charge in [0.2, 0.25) is 5.91 Å². The number of nitrogen functional groups attached to an aromatic ring is 1. The van der Waals surface area contributed by atoms with E-state index in [2.05, 4.69) is 17.4 Å². The summed E-state index contributed by atoms with van der Waals surface area (Å²) >= 11 is 1.62. The predicted octanol–water partition coefficient (Wildman–Crippen LogP) is 2.92. The second kappa shape index (κ2) is 4.97. The van der Waals surface area contributed by atoms with Crippen molar-refractivity contribution in [3.05, 3.63) is 54.1 Å². The average molecular weight is 270 g/mol. The highest BCUT2D eigenvalue weighted by Crippen LogP contribution is 2.37. The number of hydrogen-bond acceptors (Lipinski definition) is 3. The van der Waals surface area contributed by atoms with Crippen LogP contribution >= 0.6 is 11.8 Å². The van der Waals surface area contributed by atoms with E-state index in [1.807, 2.05) is 24.3 Å². The first-order valence-electron chi connectivity index (χ1n) is 6.13. The summed E-state index contributed by atoms with van der Waals surface area (Å²) in [6.07, 6.45) is 0.787. The van der Waals surface area contributed by atoms with Crippen LogP contribution in [0.25, 0.3) is 0 Å². The van der Waals surface area contributed by atoms with Crippen molar-refractivity contribution in [2.75, 3.05) is 11.1 Å². The minimum Gasteiger partial charge on any atom is -0.399 e. The largest absolute Gasteiger partial charge is 0.399 e. The van der Waals surface area contributed by atoms with Gasteiger partial charge in [-0.05, 0) is 36.2 Å². The highest BCUT2D eigenvalue weighted by Gasteiger charge is 2.27. The van der Waals surface area contributed by atoms with Crippen LogP contribution in [-0.2, 0) is 11.2 Å². The zero-order valence-electron chi connectivity index (χ0n) is 10.3. The number of amides is 1. The molecule has 3 rings (SSSR count). The smallest absolute Gasteiger partial charge is 0.238 e. The van der Waals surface area contributed by atoms with Crippen LogP contribution in [0.4, 0.5) is 11.4 Å². The minimum atomic E-state index is -0.0566. The van der Waals surface area contributed by atoms with Gasteiger partial charge in [0.05, 0.1) is 5.25 Å². The number of benzene rings is 2. The summed E-state index contributed by atoms with van der Waals surface area (Å²) in [4.78, 5) is 13.4. The molecule has 0 aliphatic carbocycles. The number of nitrogens with one attached hydrogen (secondary N) is 1. The SMILES string of the molecule is Nc1cccc(NC(=O)C2Cc3ccccc3S2)c1. The molecule has 1 aliphatic heterocycles. The van der Waals surface area contributed by atoms with Crippen molar-refractivity contribution in [3.63, 3.8) is 0 Å². The van der Waals surface area contributed by atoms with E-state index in [0.717, 1.165) is 12.1 Å². The van der Waals surface area contributed by atoms with Gasteiger partial charge in [0, 0.05) is 16.3 Å². The van der Waals surface area contributed by atoms with Gasteiger partial charge in [0.25, 0.3) is 0 Å². The van der Waals surface area contributed by atoms with Crippen molar-refractivity contribution in [3.8, 4) is 0 Å². The molecule has 19 heavy (non-hydrogen) atoms. The second-order valence-electron chi connectivity index (χ2n) is 4.53. The normalized spacial score (nSPS) is 16.9. The summed E-state index contributed by atoms with van der Waals surface area (Å²) in [6.45, 7) is 0. The van der Waals surface area contributed by atoms with Crippen LogP contribution in [0.15, 0.2) is 53.4 Å². The number of fused-ring (bicyclic) bond motifs is 1. The molecule has 0 spiro atoms. The fourth-order valence-corrected chi connectivity index (χ4v) is 3.36. The van der Waals surface area contributed by atoms with E-state index in [9.17, 15) is 4.79 Å². The molecule has 2 aromatic carbocycles. The third-order valence-electron chi connectivity index (χ3n) is 3.09. The Morgan fingerprint density at radius 1 is 1.21 bits per heavy atom. The van der Waals surface area contributed by atoms with Gasteiger partial charge in [-0.1, -0.05) is 24.3 Å². The number of thioether (sulfide) groups is 1. The molecular weight excluding hydrogens is 256 g/mol. The van der Waals surface area contributed by atoms with E-state index in [1.54, 1.807) is 23.9 Å². The zero-order chi connectivity index (χ0) is 13.2. The summed E-state index contributed by atoms with van der Waals surface area (Å²) in [6, 6.07) is 15.4. The number of rotatable bonds is 2. The molecule has 0 aromatic heterocycles. The van der Waals surface area contributed by atoms with Gasteiger partial charge in [-0.2, -0.15) is 0 Å². The molecule has 0 fully saturated rings. The second-order valence-corrected chi connectivity index (χ2v) is 5.78. The summed E-state index contributed by atoms with van der Waals surface area (Å²) in [5.41, 5.74) is 8.35. The monoisotopic (exact) mass is 270 g/mol. The molecule has 2 aromatic rings. The van der Waals surface area contributed by atoms with E-state index in [1.165, 1.54) is 10.5 Å². The van der Waals surface area contributed by atoms with Crippen LogP contribution in [0.2, 0.25) is 0 Å². The predicted molar refractivity (Wildman–Crippen MR) is 79.3 cm³/mol. The molecule has 96 valence electrons. The topological polar surface area (TPSA) is 55.1 Å². The molecule has 0 bridgehead atoms. The van der Waals surface area contributed by atoms with Crippen molar-refractivity contribution >= 4 is 29.0 Å². The van der Waals surface area contributed by atoms with Gasteiger partial charge < -0.3 is 11.1 Å². The van der Waals surface area contributed by atoms with E-state index in [-0.39, 0.29) is 11.2 Å². The van der Waals surface area contributed by atoms with Crippen molar-refractivity contribution < 1.29 is 4.79 Å². The molecule has 1 heterocycles. The molecular formula is C15H14N2OS. The van der Waals surface area contributed by atoms with Gasteiger partial charge >= 0.3 is 0 Å². The maximum atomic E-state index is 12.2. The molecule has 1 aliphatic rings. The highest BCUT2D eigenvalue weighted by atomic mass is 32.2. The van der Waals surface area contributed by atoms with Gasteiger partial charge in [0.1, 0.15) is 0 Å². The van der Waals surface area contributed by atoms with Crippen LogP contribution < -0.4 is 11.1 Å². The Hall–Kier alpha value is -1.94. The Balaban J connectivity index is 1.70. The summed E-state index contributed by atoms with van der Waals surface area (Å²) in [5, 5.41) is 2.86. The van der Waals surface area contributed by atoms with Gasteiger partial charge in [-0.15, -0.1) is 11.8 Å². The van der Waals surface area contributed by atoms with E-state index in [4.69, 9.17) is 5.73 Å². The van der Waals surface area contributed by atoms with Gasteiger partial charge in [-0.25, -0.2) is 0 Å². The van der Waals surface area contributed by atoms with Crippen molar-refractivity contribution in [2.45, 2.75) is 16.6 Å². The molecule has 0 radical (unpaired) electrons. The first-order valence-corrected chi connectivity index (χ1v) is 7.01. The number of nitrogens with two attached hydrogens (primary N) is 1. The number of carbonyl (C=O) groups excluding carboxylic acids is 1. The molecule has 0 saturated carbocycles. The lowest BCUT2D eigenvalue weighted by Crippen LogP contribution is -2.24. The molecule has 1 atom stereocenters. The summed E-state index contributed by atoms with van der Waals surface area (Å²) in [7, 11) is 0. The number of anilines is 2. The van der Waals surface area contributed by atoms with Gasteiger partial charge in [-0.3, -0.25) is 4.79 Å². The van der Waals surface area contributed by atoms with E-state index < -0.39 is 0 Å². The van der Waals surface area contributed by atoms with Crippen LogP contribution in [0.3, 0.4) is 0 Å². The Kier molecular flexibility index (Phi) is 3.17. The Morgan fingerprint density at radius 3 is 2.84 bits per heavy atom. The molecule has 3 N–H and O–H groups in total. The lowest BCUT2D eigenvalue weighted by molar-refractivity contribution is -0.115. The quantitative estimate of drug-likeness (QED) is 0.825. The van der Waals surface area contributed by atoms with E-state index in [0.29, 0.717) is 5.69 Å². The Labute approximate surface area is 116 Å². The summed E-state index contributed by atoms with van der Waals surface area (Å²) < 4.78 is 0. The van der Waals surface area contributed by atoms with Crippen molar-refractivity contribution in [1.82, 2.24) is 0 Å². The lowest BCUT2D eigenvalue weighted by atomic mass is 10.1. The lowest BCUT2D eigenvalue weighted by Gasteiger charge is -2.10. The molecule has 1 unspecified atom stereocenters. The van der Waals surface area contributed by atoms with Crippen molar-refractivity contribution in [1.29, 1.82) is 0 Å². The highest BCUT2D eigenvalue weighted by molar-refractivity contribution is 8.01. The first-order chi connectivity index (χ1) is 9.22. The fraction of sp³-hybridized carbons (Fsp3) is 0.133. The average Bonchev–Trinajstić information content (AvgIpc) is 2.82. The molecule has 4 heteroatoms. The third kappa shape index (κ3) is 2.58. The maximum Gasteiger partial charge on any atom is 0.238 e. The Bertz CT molecular complexity index is 602. The maximum absolute atomic E-state index is 12.2. The molecule has 1 amide bonds. The molecule has 3 nitrogen and oxygen atoms in total. The number of carbonyl (C=O) groups is 1. The zero-order valence-corrected chi connectivity index (χ0v) is 11.1. The first kappa shape index (κ1) is 12.1. The standard InChI is InChI=1S/C15H14N2OS/c16-11-5-3-6-12(9-11)17-15(18)14-8-10-4-1-2-7-13(10)19-14/h1-7,9,14H,8,16H2,(H,17,18). The Morgan fingerprint density at radius 2 is 2.05 bits per heavy atom. The summed E-state index contributed by atoms with van der Waals surface area (Å²) in [5.74, 6) is 0.0341. The van der Waals surface area contributed by atoms with Crippen LogP contribution in [0, 0.1) is 0 Å². The fourth-order valence-electron chi connectivity index (χ4n) is 2.17. The van der Waals surface area contributed by atoms with Crippen LogP contribution in [0.5, 0.6) is 0 Å². The van der Waals surface area contributed by atoms with Gasteiger partial charge in [0.15, 0.2) is 0 Å².